The Kier molecular flexibility index (Phi) is 4.63. The Balaban J connectivity index is 1.92. The molecular formula is C15H28N4. The van der Waals surface area contributed by atoms with Crippen LogP contribution in [0.1, 0.15) is 38.4 Å². The second-order valence-corrected chi connectivity index (χ2v) is 6.38. The van der Waals surface area contributed by atoms with Crippen molar-refractivity contribution in [2.45, 2.75) is 44.7 Å². The van der Waals surface area contributed by atoms with E-state index in [4.69, 9.17) is 0 Å². The van der Waals surface area contributed by atoms with Gasteiger partial charge in [-0.3, -0.25) is 0 Å². The maximum Gasteiger partial charge on any atom is 0.122 e. The fraction of sp³-hybridized carbons (Fsp3) is 0.800. The number of likely N-dealkylation sites (N-methyl/N-ethyl adjacent to an activating group) is 1. The number of nitrogens with zero attached hydrogens (tertiary/aromatic N) is 3. The molecule has 0 saturated heterocycles. The van der Waals surface area contributed by atoms with Crippen LogP contribution in [0.3, 0.4) is 0 Å². The molecule has 4 nitrogen and oxygen atoms in total. The maximum atomic E-state index is 4.37. The molecule has 1 aliphatic carbocycles. The number of rotatable bonds is 5. The summed E-state index contributed by atoms with van der Waals surface area (Å²) in [6.07, 6.45) is 9.20. The van der Waals surface area contributed by atoms with Crippen molar-refractivity contribution in [2.75, 3.05) is 20.6 Å². The molecule has 0 aromatic carbocycles. The van der Waals surface area contributed by atoms with E-state index in [9.17, 15) is 0 Å². The molecule has 0 aliphatic heterocycles. The highest BCUT2D eigenvalue weighted by molar-refractivity contribution is 4.96. The zero-order valence-electron chi connectivity index (χ0n) is 12.8. The fourth-order valence-electron chi connectivity index (χ4n) is 3.33. The molecule has 1 fully saturated rings. The molecule has 0 amide bonds. The third kappa shape index (κ3) is 3.37. The number of hydrogen-bond donors (Lipinski definition) is 1. The van der Waals surface area contributed by atoms with Crippen LogP contribution >= 0.6 is 0 Å². The number of nitrogens with one attached hydrogen (secondary N) is 1. The zero-order chi connectivity index (χ0) is 13.9. The van der Waals surface area contributed by atoms with Gasteiger partial charge >= 0.3 is 0 Å². The standard InChI is InChI=1S/C15H28N4/c1-13-6-5-7-15(10-13,18(2)3)12-16-11-14-17-8-9-19(14)4/h8-9,13,16H,5-7,10-12H2,1-4H3. The molecule has 4 heteroatoms. The lowest BCUT2D eigenvalue weighted by molar-refractivity contribution is 0.0747. The molecular weight excluding hydrogens is 236 g/mol. The Morgan fingerprint density at radius 1 is 1.53 bits per heavy atom. The zero-order valence-corrected chi connectivity index (χ0v) is 12.8. The molecule has 1 N–H and O–H groups in total. The largest absolute Gasteiger partial charge is 0.337 e. The molecule has 19 heavy (non-hydrogen) atoms. The van der Waals surface area contributed by atoms with Crippen molar-refractivity contribution < 1.29 is 0 Å². The highest BCUT2D eigenvalue weighted by Gasteiger charge is 2.36. The van der Waals surface area contributed by atoms with Crippen LogP contribution in [0.4, 0.5) is 0 Å². The van der Waals surface area contributed by atoms with Crippen molar-refractivity contribution in [2.24, 2.45) is 13.0 Å². The van der Waals surface area contributed by atoms with E-state index in [-0.39, 0.29) is 0 Å². The molecule has 108 valence electrons. The normalized spacial score (nSPS) is 27.9. The summed E-state index contributed by atoms with van der Waals surface area (Å²) in [4.78, 5) is 6.79. The van der Waals surface area contributed by atoms with Crippen molar-refractivity contribution in [3.63, 3.8) is 0 Å². The quantitative estimate of drug-likeness (QED) is 0.883. The molecule has 1 heterocycles. The van der Waals surface area contributed by atoms with Gasteiger partial charge in [0.15, 0.2) is 0 Å². The van der Waals surface area contributed by atoms with Gasteiger partial charge in [-0.1, -0.05) is 19.8 Å². The minimum atomic E-state index is 0.322. The van der Waals surface area contributed by atoms with E-state index in [1.54, 1.807) is 0 Å². The highest BCUT2D eigenvalue weighted by Crippen LogP contribution is 2.35. The van der Waals surface area contributed by atoms with Gasteiger partial charge in [-0.25, -0.2) is 4.98 Å². The van der Waals surface area contributed by atoms with E-state index >= 15 is 0 Å². The summed E-state index contributed by atoms with van der Waals surface area (Å²) in [6, 6.07) is 0. The molecule has 1 aromatic heterocycles. The topological polar surface area (TPSA) is 33.1 Å². The van der Waals surface area contributed by atoms with Crippen LogP contribution in [-0.2, 0) is 13.6 Å². The van der Waals surface area contributed by atoms with Gasteiger partial charge in [0.1, 0.15) is 5.82 Å². The van der Waals surface area contributed by atoms with Crippen LogP contribution in [0, 0.1) is 5.92 Å². The van der Waals surface area contributed by atoms with E-state index in [1.165, 1.54) is 25.7 Å². The van der Waals surface area contributed by atoms with Crippen LogP contribution in [0.15, 0.2) is 12.4 Å². The minimum absolute atomic E-state index is 0.322. The summed E-state index contributed by atoms with van der Waals surface area (Å²) in [5.41, 5.74) is 0.322. The van der Waals surface area contributed by atoms with Gasteiger partial charge in [0.05, 0.1) is 6.54 Å². The summed E-state index contributed by atoms with van der Waals surface area (Å²) >= 11 is 0. The molecule has 1 saturated carbocycles. The average molecular weight is 264 g/mol. The van der Waals surface area contributed by atoms with Crippen molar-refractivity contribution in [1.82, 2.24) is 19.8 Å². The fourth-order valence-corrected chi connectivity index (χ4v) is 3.33. The average Bonchev–Trinajstić information content (AvgIpc) is 2.75. The Labute approximate surface area is 117 Å². The molecule has 2 unspecified atom stereocenters. The van der Waals surface area contributed by atoms with E-state index in [1.807, 2.05) is 12.4 Å². The second kappa shape index (κ2) is 6.06. The van der Waals surface area contributed by atoms with Crippen molar-refractivity contribution >= 4 is 0 Å². The van der Waals surface area contributed by atoms with Gasteiger partial charge in [-0.05, 0) is 32.9 Å². The predicted molar refractivity (Wildman–Crippen MR) is 79.0 cm³/mol. The van der Waals surface area contributed by atoms with Crippen molar-refractivity contribution in [1.29, 1.82) is 0 Å². The number of aryl methyl sites for hydroxylation is 1. The first kappa shape index (κ1) is 14.5. The first-order chi connectivity index (χ1) is 9.03. The Hall–Kier alpha value is -0.870. The molecule has 1 aromatic rings. The Morgan fingerprint density at radius 2 is 2.32 bits per heavy atom. The second-order valence-electron chi connectivity index (χ2n) is 6.38. The van der Waals surface area contributed by atoms with Gasteiger partial charge in [0.25, 0.3) is 0 Å². The van der Waals surface area contributed by atoms with Gasteiger partial charge in [0.2, 0.25) is 0 Å². The SMILES string of the molecule is CC1CCCC(CNCc2nccn2C)(N(C)C)C1. The monoisotopic (exact) mass is 264 g/mol. The van der Waals surface area contributed by atoms with Crippen molar-refractivity contribution in [3.05, 3.63) is 18.2 Å². The van der Waals surface area contributed by atoms with Crippen LogP contribution in [0.2, 0.25) is 0 Å². The number of imidazole rings is 1. The molecule has 2 rings (SSSR count). The van der Waals surface area contributed by atoms with E-state index in [0.717, 1.165) is 24.8 Å². The van der Waals surface area contributed by atoms with Gasteiger partial charge in [-0.15, -0.1) is 0 Å². The Morgan fingerprint density at radius 3 is 2.89 bits per heavy atom. The lowest BCUT2D eigenvalue weighted by Crippen LogP contribution is -2.54. The van der Waals surface area contributed by atoms with Crippen LogP contribution in [-0.4, -0.2) is 40.6 Å². The summed E-state index contributed by atoms with van der Waals surface area (Å²) in [5.74, 6) is 1.95. The number of aromatic nitrogens is 2. The lowest BCUT2D eigenvalue weighted by atomic mass is 9.75. The molecule has 0 radical (unpaired) electrons. The molecule has 0 spiro atoms. The van der Waals surface area contributed by atoms with Crippen LogP contribution in [0.5, 0.6) is 0 Å². The summed E-state index contributed by atoms with van der Waals surface area (Å²) in [6.45, 7) is 4.29. The summed E-state index contributed by atoms with van der Waals surface area (Å²) in [7, 11) is 6.50. The smallest absolute Gasteiger partial charge is 0.122 e. The Bertz CT molecular complexity index is 399. The van der Waals surface area contributed by atoms with Crippen LogP contribution in [0.25, 0.3) is 0 Å². The van der Waals surface area contributed by atoms with Gasteiger partial charge in [0, 0.05) is 31.5 Å². The summed E-state index contributed by atoms with van der Waals surface area (Å²) in [5, 5.41) is 3.62. The first-order valence-electron chi connectivity index (χ1n) is 7.38. The first-order valence-corrected chi connectivity index (χ1v) is 7.38. The third-order valence-corrected chi connectivity index (χ3v) is 4.67. The lowest BCUT2D eigenvalue weighted by Gasteiger charge is -2.45. The third-order valence-electron chi connectivity index (χ3n) is 4.67. The van der Waals surface area contributed by atoms with E-state index in [0.29, 0.717) is 5.54 Å². The minimum Gasteiger partial charge on any atom is -0.337 e. The van der Waals surface area contributed by atoms with Crippen LogP contribution < -0.4 is 5.32 Å². The number of hydrogen-bond acceptors (Lipinski definition) is 3. The van der Waals surface area contributed by atoms with Crippen molar-refractivity contribution in [3.8, 4) is 0 Å². The van der Waals surface area contributed by atoms with Gasteiger partial charge in [-0.2, -0.15) is 0 Å². The van der Waals surface area contributed by atoms with E-state index in [2.05, 4.69) is 47.8 Å². The predicted octanol–water partition coefficient (Wildman–Crippen LogP) is 2.02. The van der Waals surface area contributed by atoms with E-state index < -0.39 is 0 Å². The molecule has 0 bridgehead atoms. The highest BCUT2D eigenvalue weighted by atomic mass is 15.2. The van der Waals surface area contributed by atoms with Gasteiger partial charge < -0.3 is 14.8 Å². The molecule has 1 aliphatic rings. The maximum absolute atomic E-state index is 4.37. The molecule has 2 atom stereocenters. The summed E-state index contributed by atoms with van der Waals surface area (Å²) < 4.78 is 2.08.